The molecule has 5 heteroatoms. The fraction of sp³-hybridized carbons (Fsp3) is 0.545. The Labute approximate surface area is 161 Å². The van der Waals surface area contributed by atoms with Crippen LogP contribution < -0.4 is 5.32 Å². The molecule has 0 radical (unpaired) electrons. The second kappa shape index (κ2) is 8.26. The van der Waals surface area contributed by atoms with E-state index in [2.05, 4.69) is 27.3 Å². The molecule has 0 unspecified atom stereocenters. The molecular formula is C22H30N4O. The predicted molar refractivity (Wildman–Crippen MR) is 109 cm³/mol. The van der Waals surface area contributed by atoms with Gasteiger partial charge >= 0.3 is 6.03 Å². The summed E-state index contributed by atoms with van der Waals surface area (Å²) in [5.74, 6) is 0.589. The zero-order chi connectivity index (χ0) is 18.6. The van der Waals surface area contributed by atoms with Gasteiger partial charge in [0.05, 0.1) is 0 Å². The number of amides is 2. The lowest BCUT2D eigenvalue weighted by Crippen LogP contribution is -2.40. The van der Waals surface area contributed by atoms with E-state index in [4.69, 9.17) is 0 Å². The van der Waals surface area contributed by atoms with E-state index in [0.717, 1.165) is 35.5 Å². The van der Waals surface area contributed by atoms with E-state index in [9.17, 15) is 4.79 Å². The van der Waals surface area contributed by atoms with Crippen LogP contribution in [0, 0.1) is 5.92 Å². The van der Waals surface area contributed by atoms with Gasteiger partial charge in [-0.3, -0.25) is 4.98 Å². The zero-order valence-corrected chi connectivity index (χ0v) is 16.2. The Hall–Kier alpha value is -2.14. The van der Waals surface area contributed by atoms with Crippen LogP contribution in [0.4, 0.5) is 4.79 Å². The molecule has 2 heterocycles. The highest BCUT2D eigenvalue weighted by molar-refractivity contribution is 5.85. The Morgan fingerprint density at radius 3 is 2.96 bits per heavy atom. The lowest BCUT2D eigenvalue weighted by atomic mass is 10.1. The van der Waals surface area contributed by atoms with Crippen molar-refractivity contribution < 1.29 is 4.79 Å². The lowest BCUT2D eigenvalue weighted by Gasteiger charge is -2.24. The summed E-state index contributed by atoms with van der Waals surface area (Å²) in [5, 5.41) is 5.43. The topological polar surface area (TPSA) is 48.5 Å². The summed E-state index contributed by atoms with van der Waals surface area (Å²) in [6.07, 6.45) is 10.4. The Balaban J connectivity index is 1.28. The van der Waals surface area contributed by atoms with Crippen molar-refractivity contribution in [3.8, 4) is 0 Å². The quantitative estimate of drug-likeness (QED) is 0.879. The number of nitrogens with one attached hydrogen (secondary N) is 1. The van der Waals surface area contributed by atoms with E-state index in [1.54, 1.807) is 4.90 Å². The van der Waals surface area contributed by atoms with Crippen molar-refractivity contribution >= 4 is 16.8 Å². The number of hydrogen-bond acceptors (Lipinski definition) is 3. The molecule has 0 bridgehead atoms. The standard InChI is InChI=1S/C22H30N4O/c1-25(16-19-6-4-5-18-14-23-11-9-21(18)19)22(27)24-13-17-10-12-26(15-17)20-7-2-3-8-20/h4-6,9,11,14,17,20H,2-3,7-8,10,12-13,15-16H2,1H3,(H,24,27)/t17-/m1/s1. The van der Waals surface area contributed by atoms with E-state index in [1.807, 2.05) is 31.6 Å². The number of carbonyl (C=O) groups is 1. The number of carbonyl (C=O) groups excluding carboxylic acids is 1. The van der Waals surface area contributed by atoms with Gasteiger partial charge in [0.25, 0.3) is 0 Å². The Kier molecular flexibility index (Phi) is 5.58. The van der Waals surface area contributed by atoms with Gasteiger partial charge in [0.2, 0.25) is 0 Å². The minimum absolute atomic E-state index is 0.0142. The minimum atomic E-state index is 0.0142. The van der Waals surface area contributed by atoms with Crippen molar-refractivity contribution in [3.05, 3.63) is 42.2 Å². The molecule has 2 aromatic rings. The van der Waals surface area contributed by atoms with Crippen LogP contribution in [0.15, 0.2) is 36.7 Å². The first kappa shape index (κ1) is 18.2. The molecule has 1 atom stereocenters. The molecule has 2 aliphatic rings. The van der Waals surface area contributed by atoms with Crippen molar-refractivity contribution in [2.75, 3.05) is 26.7 Å². The molecule has 1 aliphatic heterocycles. The zero-order valence-electron chi connectivity index (χ0n) is 16.2. The molecule has 1 aliphatic carbocycles. The van der Waals surface area contributed by atoms with Crippen LogP contribution in [0.3, 0.4) is 0 Å². The third-order valence-electron chi connectivity index (χ3n) is 6.23. The Morgan fingerprint density at radius 1 is 1.26 bits per heavy atom. The van der Waals surface area contributed by atoms with E-state index < -0.39 is 0 Å². The normalized spacial score (nSPS) is 21.0. The first-order valence-electron chi connectivity index (χ1n) is 10.3. The second-order valence-electron chi connectivity index (χ2n) is 8.14. The van der Waals surface area contributed by atoms with Crippen LogP contribution in [0.5, 0.6) is 0 Å². The number of fused-ring (bicyclic) bond motifs is 1. The van der Waals surface area contributed by atoms with Gasteiger partial charge in [0, 0.05) is 50.5 Å². The first-order valence-corrected chi connectivity index (χ1v) is 10.3. The van der Waals surface area contributed by atoms with Crippen LogP contribution in [0.2, 0.25) is 0 Å². The monoisotopic (exact) mass is 366 g/mol. The van der Waals surface area contributed by atoms with Crippen molar-refractivity contribution in [2.24, 2.45) is 5.92 Å². The molecule has 1 saturated carbocycles. The summed E-state index contributed by atoms with van der Waals surface area (Å²) < 4.78 is 0. The molecule has 1 N–H and O–H groups in total. The van der Waals surface area contributed by atoms with Crippen molar-refractivity contribution in [1.82, 2.24) is 20.1 Å². The van der Waals surface area contributed by atoms with Gasteiger partial charge in [-0.25, -0.2) is 4.79 Å². The summed E-state index contributed by atoms with van der Waals surface area (Å²) in [7, 11) is 1.87. The highest BCUT2D eigenvalue weighted by atomic mass is 16.2. The first-order chi connectivity index (χ1) is 13.2. The number of likely N-dealkylation sites (tertiary alicyclic amines) is 1. The van der Waals surface area contributed by atoms with Crippen LogP contribution in [0.1, 0.15) is 37.7 Å². The van der Waals surface area contributed by atoms with Crippen LogP contribution in [0.25, 0.3) is 10.8 Å². The van der Waals surface area contributed by atoms with Gasteiger partial charge in [-0.2, -0.15) is 0 Å². The maximum absolute atomic E-state index is 12.6. The molecule has 2 amide bonds. The fourth-order valence-electron chi connectivity index (χ4n) is 4.65. The van der Waals surface area contributed by atoms with Gasteiger partial charge in [0.15, 0.2) is 0 Å². The van der Waals surface area contributed by atoms with E-state index in [-0.39, 0.29) is 6.03 Å². The average Bonchev–Trinajstić information content (AvgIpc) is 3.38. The van der Waals surface area contributed by atoms with Crippen LogP contribution in [-0.2, 0) is 6.54 Å². The molecule has 144 valence electrons. The highest BCUT2D eigenvalue weighted by Gasteiger charge is 2.30. The van der Waals surface area contributed by atoms with Crippen molar-refractivity contribution in [1.29, 1.82) is 0 Å². The summed E-state index contributed by atoms with van der Waals surface area (Å²) in [5.41, 5.74) is 1.15. The smallest absolute Gasteiger partial charge is 0.317 e. The van der Waals surface area contributed by atoms with Gasteiger partial charge < -0.3 is 15.1 Å². The van der Waals surface area contributed by atoms with E-state index in [0.29, 0.717) is 12.5 Å². The van der Waals surface area contributed by atoms with Gasteiger partial charge in [-0.05, 0) is 48.7 Å². The SMILES string of the molecule is CN(Cc1cccc2cnccc12)C(=O)NC[C@H]1CCN(C2CCCC2)C1. The summed E-state index contributed by atoms with van der Waals surface area (Å²) in [4.78, 5) is 21.2. The molecule has 1 aromatic carbocycles. The third kappa shape index (κ3) is 4.24. The molecular weight excluding hydrogens is 336 g/mol. The highest BCUT2D eigenvalue weighted by Crippen LogP contribution is 2.28. The van der Waals surface area contributed by atoms with Crippen LogP contribution >= 0.6 is 0 Å². The number of aromatic nitrogens is 1. The maximum Gasteiger partial charge on any atom is 0.317 e. The molecule has 2 fully saturated rings. The fourth-order valence-corrected chi connectivity index (χ4v) is 4.65. The van der Waals surface area contributed by atoms with Crippen LogP contribution in [-0.4, -0.2) is 53.5 Å². The maximum atomic E-state index is 12.6. The molecule has 0 spiro atoms. The summed E-state index contributed by atoms with van der Waals surface area (Å²) in [6, 6.07) is 9.01. The third-order valence-corrected chi connectivity index (χ3v) is 6.23. The number of rotatable bonds is 5. The number of benzene rings is 1. The molecule has 4 rings (SSSR count). The van der Waals surface area contributed by atoms with Crippen molar-refractivity contribution in [2.45, 2.75) is 44.7 Å². The van der Waals surface area contributed by atoms with Crippen molar-refractivity contribution in [3.63, 3.8) is 0 Å². The predicted octanol–water partition coefficient (Wildman–Crippen LogP) is 3.64. The minimum Gasteiger partial charge on any atom is -0.338 e. The number of hydrogen-bond donors (Lipinski definition) is 1. The lowest BCUT2D eigenvalue weighted by molar-refractivity contribution is 0.203. The summed E-state index contributed by atoms with van der Waals surface area (Å²) in [6.45, 7) is 3.73. The summed E-state index contributed by atoms with van der Waals surface area (Å²) >= 11 is 0. The van der Waals surface area contributed by atoms with Gasteiger partial charge in [0.1, 0.15) is 0 Å². The Morgan fingerprint density at radius 2 is 2.11 bits per heavy atom. The van der Waals surface area contributed by atoms with Gasteiger partial charge in [-0.1, -0.05) is 31.0 Å². The number of nitrogens with zero attached hydrogens (tertiary/aromatic N) is 3. The van der Waals surface area contributed by atoms with Gasteiger partial charge in [-0.15, -0.1) is 0 Å². The van der Waals surface area contributed by atoms with E-state index >= 15 is 0 Å². The molecule has 1 aromatic heterocycles. The Bertz CT molecular complexity index is 781. The largest absolute Gasteiger partial charge is 0.338 e. The number of urea groups is 1. The molecule has 27 heavy (non-hydrogen) atoms. The second-order valence-corrected chi connectivity index (χ2v) is 8.14. The average molecular weight is 367 g/mol. The molecule has 5 nitrogen and oxygen atoms in total. The number of pyridine rings is 1. The van der Waals surface area contributed by atoms with E-state index in [1.165, 1.54) is 38.6 Å². The molecule has 1 saturated heterocycles.